The van der Waals surface area contributed by atoms with Crippen LogP contribution in [0.25, 0.3) is 0 Å². The predicted molar refractivity (Wildman–Crippen MR) is 129 cm³/mol. The van der Waals surface area contributed by atoms with E-state index in [1.165, 1.54) is 26.7 Å². The van der Waals surface area contributed by atoms with Crippen LogP contribution in [0.2, 0.25) is 0 Å². The number of ether oxygens (including phenoxy) is 1. The van der Waals surface area contributed by atoms with Crippen molar-refractivity contribution in [3.63, 3.8) is 0 Å². The van der Waals surface area contributed by atoms with Gasteiger partial charge in [0.05, 0.1) is 29.6 Å². The van der Waals surface area contributed by atoms with E-state index in [9.17, 15) is 0 Å². The van der Waals surface area contributed by atoms with E-state index < -0.39 is 0 Å². The summed E-state index contributed by atoms with van der Waals surface area (Å²) >= 11 is 7.59. The van der Waals surface area contributed by atoms with Gasteiger partial charge < -0.3 is 19.4 Å². The Morgan fingerprint density at radius 2 is 1.79 bits per heavy atom. The van der Waals surface area contributed by atoms with Gasteiger partial charge in [-0.15, -0.1) is 12.4 Å². The molecule has 29 heavy (non-hydrogen) atoms. The van der Waals surface area contributed by atoms with Crippen molar-refractivity contribution in [3.05, 3.63) is 48.0 Å². The molecular formula is C22H28ClN3OS2. The number of halogens is 1. The van der Waals surface area contributed by atoms with Crippen LogP contribution in [0.4, 0.5) is 11.4 Å². The van der Waals surface area contributed by atoms with Crippen LogP contribution in [-0.4, -0.2) is 68.3 Å². The molecule has 0 spiro atoms. The van der Waals surface area contributed by atoms with Crippen LogP contribution < -0.4 is 4.90 Å². The lowest BCUT2D eigenvalue weighted by Crippen LogP contribution is -2.40. The van der Waals surface area contributed by atoms with Crippen molar-refractivity contribution in [3.8, 4) is 0 Å². The molecule has 2 heterocycles. The minimum atomic E-state index is 0. The molecule has 2 aromatic rings. The monoisotopic (exact) mass is 449 g/mol. The number of para-hydroxylation sites is 1. The Bertz CT molecular complexity index is 856. The van der Waals surface area contributed by atoms with E-state index >= 15 is 0 Å². The summed E-state index contributed by atoms with van der Waals surface area (Å²) in [5, 5.41) is 0. The van der Waals surface area contributed by atoms with Gasteiger partial charge >= 0.3 is 0 Å². The van der Waals surface area contributed by atoms with E-state index in [2.05, 4.69) is 71.3 Å². The number of rotatable bonds is 5. The van der Waals surface area contributed by atoms with Crippen LogP contribution in [0.3, 0.4) is 0 Å². The van der Waals surface area contributed by atoms with E-state index in [1.807, 2.05) is 11.8 Å². The Hall–Kier alpha value is -1.31. The molecule has 0 saturated carbocycles. The molecule has 2 aliphatic rings. The van der Waals surface area contributed by atoms with Crippen molar-refractivity contribution in [2.45, 2.75) is 16.2 Å². The summed E-state index contributed by atoms with van der Waals surface area (Å²) < 4.78 is 5.45. The van der Waals surface area contributed by atoms with Crippen LogP contribution in [0.5, 0.6) is 0 Å². The van der Waals surface area contributed by atoms with Gasteiger partial charge in [0, 0.05) is 42.4 Å². The van der Waals surface area contributed by atoms with Gasteiger partial charge in [-0.3, -0.25) is 0 Å². The predicted octanol–water partition coefficient (Wildman–Crippen LogP) is 4.47. The maximum absolute atomic E-state index is 5.73. The maximum atomic E-state index is 5.73. The van der Waals surface area contributed by atoms with Crippen LogP contribution in [0.15, 0.2) is 52.3 Å². The molecule has 7 heteroatoms. The molecule has 0 aromatic heterocycles. The highest BCUT2D eigenvalue weighted by Crippen LogP contribution is 2.48. The number of benzene rings is 2. The molecule has 0 aliphatic carbocycles. The summed E-state index contributed by atoms with van der Waals surface area (Å²) in [5.41, 5.74) is 3.88. The molecule has 1 fully saturated rings. The van der Waals surface area contributed by atoms with Gasteiger partial charge in [-0.2, -0.15) is 0 Å². The normalized spacial score (nSPS) is 15.6. The zero-order chi connectivity index (χ0) is 19.5. The standard InChI is InChI=1S/C22H27N3OS2.ClH/c1-23(2)9-10-25-18-5-3-4-6-20(18)28-21-8-7-17(15-19(21)25)16-22(27)24-11-13-26-14-12-24;/h3-8,15H,9-14,16H2,1-2H3;1H. The van der Waals surface area contributed by atoms with Crippen LogP contribution in [0.1, 0.15) is 5.56 Å². The molecule has 0 atom stereocenters. The zero-order valence-electron chi connectivity index (χ0n) is 17.0. The largest absolute Gasteiger partial charge is 0.378 e. The van der Waals surface area contributed by atoms with Crippen LogP contribution in [0, 0.1) is 0 Å². The summed E-state index contributed by atoms with van der Waals surface area (Å²) in [6.45, 7) is 5.33. The van der Waals surface area contributed by atoms with Crippen molar-refractivity contribution in [1.82, 2.24) is 9.80 Å². The number of nitrogens with zero attached hydrogens (tertiary/aromatic N) is 3. The first-order valence-corrected chi connectivity index (χ1v) is 11.0. The average Bonchev–Trinajstić information content (AvgIpc) is 2.71. The number of thiocarbonyl (C=S) groups is 1. The third-order valence-corrected chi connectivity index (χ3v) is 6.71. The maximum Gasteiger partial charge on any atom is 0.0825 e. The number of hydrogen-bond acceptors (Lipinski definition) is 5. The highest BCUT2D eigenvalue weighted by atomic mass is 35.5. The third kappa shape index (κ3) is 5.25. The molecule has 2 aliphatic heterocycles. The third-order valence-electron chi connectivity index (χ3n) is 5.18. The molecule has 0 N–H and O–H groups in total. The fourth-order valence-electron chi connectivity index (χ4n) is 3.62. The van der Waals surface area contributed by atoms with Gasteiger partial charge in [0.2, 0.25) is 0 Å². The number of morpholine rings is 1. The van der Waals surface area contributed by atoms with E-state index in [1.54, 1.807) is 0 Å². The van der Waals surface area contributed by atoms with E-state index in [0.717, 1.165) is 50.8 Å². The summed E-state index contributed by atoms with van der Waals surface area (Å²) in [7, 11) is 4.26. The Kier molecular flexibility index (Phi) is 7.82. The van der Waals surface area contributed by atoms with Crippen molar-refractivity contribution < 1.29 is 4.74 Å². The van der Waals surface area contributed by atoms with Gasteiger partial charge in [-0.05, 0) is 43.9 Å². The molecule has 0 unspecified atom stereocenters. The fourth-order valence-corrected chi connectivity index (χ4v) is 5.05. The summed E-state index contributed by atoms with van der Waals surface area (Å²) in [4.78, 5) is 10.6. The van der Waals surface area contributed by atoms with Crippen LogP contribution in [-0.2, 0) is 11.2 Å². The van der Waals surface area contributed by atoms with Gasteiger partial charge in [-0.25, -0.2) is 0 Å². The Balaban J connectivity index is 0.00000240. The number of hydrogen-bond donors (Lipinski definition) is 0. The summed E-state index contributed by atoms with van der Waals surface area (Å²) in [6, 6.07) is 15.5. The smallest absolute Gasteiger partial charge is 0.0825 e. The molecule has 2 aromatic carbocycles. The van der Waals surface area contributed by atoms with Gasteiger partial charge in [-0.1, -0.05) is 42.2 Å². The van der Waals surface area contributed by atoms with Crippen molar-refractivity contribution in [1.29, 1.82) is 0 Å². The second kappa shape index (κ2) is 10.1. The number of likely N-dealkylation sites (N-methyl/N-ethyl adjacent to an activating group) is 1. The summed E-state index contributed by atoms with van der Waals surface area (Å²) in [5.74, 6) is 0. The SMILES string of the molecule is CN(C)CCN1c2ccccc2Sc2ccc(CC(=S)N3CCOCC3)cc21.Cl. The Morgan fingerprint density at radius 3 is 2.55 bits per heavy atom. The molecule has 4 rings (SSSR count). The number of fused-ring (bicyclic) bond motifs is 2. The van der Waals surface area contributed by atoms with Crippen molar-refractivity contribution in [2.75, 3.05) is 58.4 Å². The summed E-state index contributed by atoms with van der Waals surface area (Å²) in [6.07, 6.45) is 0.816. The molecule has 156 valence electrons. The zero-order valence-corrected chi connectivity index (χ0v) is 19.4. The van der Waals surface area contributed by atoms with E-state index in [0.29, 0.717) is 0 Å². The average molecular weight is 450 g/mol. The highest BCUT2D eigenvalue weighted by Gasteiger charge is 2.24. The quantitative estimate of drug-likeness (QED) is 0.622. The first-order chi connectivity index (χ1) is 13.6. The van der Waals surface area contributed by atoms with E-state index in [-0.39, 0.29) is 12.4 Å². The van der Waals surface area contributed by atoms with Crippen molar-refractivity contribution in [2.24, 2.45) is 0 Å². The molecule has 1 saturated heterocycles. The lowest BCUT2D eigenvalue weighted by molar-refractivity contribution is 0.0684. The first kappa shape index (κ1) is 22.4. The van der Waals surface area contributed by atoms with E-state index in [4.69, 9.17) is 17.0 Å². The minimum absolute atomic E-state index is 0. The Labute approximate surface area is 189 Å². The molecular weight excluding hydrogens is 422 g/mol. The fraction of sp³-hybridized carbons (Fsp3) is 0.409. The molecule has 0 amide bonds. The highest BCUT2D eigenvalue weighted by molar-refractivity contribution is 7.99. The van der Waals surface area contributed by atoms with Gasteiger partial charge in [0.15, 0.2) is 0 Å². The first-order valence-electron chi connectivity index (χ1n) is 9.79. The van der Waals surface area contributed by atoms with Gasteiger partial charge in [0.25, 0.3) is 0 Å². The Morgan fingerprint density at radius 1 is 1.07 bits per heavy atom. The number of anilines is 2. The topological polar surface area (TPSA) is 19.0 Å². The lowest BCUT2D eigenvalue weighted by atomic mass is 10.1. The molecule has 4 nitrogen and oxygen atoms in total. The molecule has 0 bridgehead atoms. The lowest BCUT2D eigenvalue weighted by Gasteiger charge is -2.34. The molecule has 0 radical (unpaired) electrons. The van der Waals surface area contributed by atoms with Crippen LogP contribution >= 0.6 is 36.4 Å². The second-order valence-corrected chi connectivity index (χ2v) is 9.05. The van der Waals surface area contributed by atoms with Crippen molar-refractivity contribution >= 4 is 52.8 Å². The minimum Gasteiger partial charge on any atom is -0.378 e. The van der Waals surface area contributed by atoms with Gasteiger partial charge in [0.1, 0.15) is 0 Å². The second-order valence-electron chi connectivity index (χ2n) is 7.50.